The number of ketones is 1. The molecule has 3 aromatic carbocycles. The number of halogens is 2. The van der Waals surface area contributed by atoms with Crippen molar-refractivity contribution in [1.29, 1.82) is 0 Å². The Balaban J connectivity index is 1.17. The molecular formula is C37H34F2N6O3. The molecule has 0 radical (unpaired) electrons. The molecule has 244 valence electrons. The number of fused-ring (bicyclic) bond motifs is 1. The summed E-state index contributed by atoms with van der Waals surface area (Å²) < 4.78 is 28.0. The third kappa shape index (κ3) is 8.60. The summed E-state index contributed by atoms with van der Waals surface area (Å²) in [6, 6.07) is 16.4. The fourth-order valence-corrected chi connectivity index (χ4v) is 4.92. The zero-order valence-electron chi connectivity index (χ0n) is 26.9. The van der Waals surface area contributed by atoms with Gasteiger partial charge in [-0.25, -0.2) is 23.7 Å². The number of amides is 1. The molecule has 0 aliphatic heterocycles. The summed E-state index contributed by atoms with van der Waals surface area (Å²) in [5.74, 6) is 4.25. The van der Waals surface area contributed by atoms with Gasteiger partial charge in [-0.1, -0.05) is 30.0 Å². The van der Waals surface area contributed by atoms with Gasteiger partial charge >= 0.3 is 0 Å². The topological polar surface area (TPSA) is 101 Å². The van der Waals surface area contributed by atoms with Crippen LogP contribution >= 0.6 is 0 Å². The number of carbonyl (C=O) groups excluding carboxylic acids is 2. The molecule has 0 spiro atoms. The lowest BCUT2D eigenvalue weighted by Crippen LogP contribution is -2.33. The van der Waals surface area contributed by atoms with Crippen molar-refractivity contribution < 1.29 is 18.4 Å². The molecule has 0 aliphatic rings. The lowest BCUT2D eigenvalue weighted by atomic mass is 10.1. The average molecular weight is 649 g/mol. The Bertz CT molecular complexity index is 2080. The van der Waals surface area contributed by atoms with E-state index in [1.165, 1.54) is 23.2 Å². The first kappa shape index (κ1) is 33.8. The lowest BCUT2D eigenvalue weighted by molar-refractivity contribution is 0.0786. The van der Waals surface area contributed by atoms with Gasteiger partial charge in [0.05, 0.1) is 18.4 Å². The van der Waals surface area contributed by atoms with E-state index in [-0.39, 0.29) is 30.9 Å². The monoisotopic (exact) mass is 648 g/mol. The SMILES string of the molecule is CN(C)CCN(C)C(=O)c1ccc(Cc2ncc3cc(C#CCCC(=O)c4cncn(Cc5ccc(F)c(F)c5)c4=O)ccc3n2)cc1. The summed E-state index contributed by atoms with van der Waals surface area (Å²) in [6.45, 7) is 1.39. The van der Waals surface area contributed by atoms with Crippen molar-refractivity contribution in [2.45, 2.75) is 25.8 Å². The van der Waals surface area contributed by atoms with E-state index >= 15 is 0 Å². The quantitative estimate of drug-likeness (QED) is 0.151. The number of hydrogen-bond donors (Lipinski definition) is 0. The average Bonchev–Trinajstić information content (AvgIpc) is 3.08. The molecule has 0 aliphatic carbocycles. The number of Topliss-reactive ketones (excluding diaryl/α,β-unsaturated/α-hetero) is 1. The Labute approximate surface area is 276 Å². The van der Waals surface area contributed by atoms with E-state index in [1.807, 2.05) is 61.5 Å². The maximum absolute atomic E-state index is 13.6. The minimum absolute atomic E-state index is 0.0153. The Kier molecular flexibility index (Phi) is 10.8. The van der Waals surface area contributed by atoms with Gasteiger partial charge in [0.25, 0.3) is 11.5 Å². The molecular weight excluding hydrogens is 614 g/mol. The van der Waals surface area contributed by atoms with Gasteiger partial charge in [-0.05, 0) is 67.7 Å². The zero-order valence-corrected chi connectivity index (χ0v) is 26.9. The number of aromatic nitrogens is 4. The molecule has 0 saturated heterocycles. The van der Waals surface area contributed by atoms with Gasteiger partial charge < -0.3 is 9.80 Å². The fraction of sp³-hybridized carbons (Fsp3) is 0.243. The van der Waals surface area contributed by atoms with Crippen molar-refractivity contribution in [3.05, 3.63) is 135 Å². The van der Waals surface area contributed by atoms with Gasteiger partial charge in [0.1, 0.15) is 11.4 Å². The van der Waals surface area contributed by atoms with Crippen LogP contribution in [0, 0.1) is 23.5 Å². The lowest BCUT2D eigenvalue weighted by Gasteiger charge is -2.19. The molecule has 2 aromatic heterocycles. The summed E-state index contributed by atoms with van der Waals surface area (Å²) in [5.41, 5.74) is 2.84. The van der Waals surface area contributed by atoms with E-state index in [1.54, 1.807) is 18.1 Å². The smallest absolute Gasteiger partial charge is 0.264 e. The molecule has 0 N–H and O–H groups in total. The number of rotatable bonds is 11. The number of carbonyl (C=O) groups is 2. The van der Waals surface area contributed by atoms with Crippen LogP contribution in [-0.4, -0.2) is 75.2 Å². The Morgan fingerprint density at radius 2 is 1.67 bits per heavy atom. The molecule has 48 heavy (non-hydrogen) atoms. The van der Waals surface area contributed by atoms with Gasteiger partial charge in [0.2, 0.25) is 0 Å². The van der Waals surface area contributed by atoms with E-state index in [9.17, 15) is 23.2 Å². The van der Waals surface area contributed by atoms with Crippen molar-refractivity contribution in [3.8, 4) is 11.8 Å². The predicted octanol–water partition coefficient (Wildman–Crippen LogP) is 4.75. The Morgan fingerprint density at radius 1 is 0.896 bits per heavy atom. The molecule has 1 amide bonds. The molecule has 5 rings (SSSR count). The predicted molar refractivity (Wildman–Crippen MR) is 179 cm³/mol. The van der Waals surface area contributed by atoms with Crippen molar-refractivity contribution in [1.82, 2.24) is 29.3 Å². The van der Waals surface area contributed by atoms with Crippen LogP contribution in [0.3, 0.4) is 0 Å². The van der Waals surface area contributed by atoms with Crippen molar-refractivity contribution in [2.75, 3.05) is 34.2 Å². The maximum Gasteiger partial charge on any atom is 0.264 e. The standard InChI is InChI=1S/C37H34F2N6O3/c1-43(2)16-17-44(3)36(47)28-12-8-26(9-13-28)20-35-41-21-29-18-25(11-15-33(29)42-35)6-4-5-7-34(46)30-22-40-24-45(37(30)48)23-27-10-14-31(38)32(39)19-27/h8-15,18-19,21-22,24H,5,7,16-17,20,23H2,1-3H3. The normalized spacial score (nSPS) is 11.0. The van der Waals surface area contributed by atoms with Crippen molar-refractivity contribution in [2.24, 2.45) is 0 Å². The van der Waals surface area contributed by atoms with Crippen LogP contribution in [0.15, 0.2) is 84.2 Å². The minimum Gasteiger partial charge on any atom is -0.340 e. The fourth-order valence-electron chi connectivity index (χ4n) is 4.92. The van der Waals surface area contributed by atoms with E-state index < -0.39 is 23.0 Å². The van der Waals surface area contributed by atoms with Crippen LogP contribution in [-0.2, 0) is 13.0 Å². The second-order valence-electron chi connectivity index (χ2n) is 11.7. The molecule has 11 heteroatoms. The molecule has 0 fully saturated rings. The van der Waals surface area contributed by atoms with Crippen LogP contribution in [0.2, 0.25) is 0 Å². The zero-order chi connectivity index (χ0) is 34.2. The van der Waals surface area contributed by atoms with E-state index in [4.69, 9.17) is 0 Å². The highest BCUT2D eigenvalue weighted by atomic mass is 19.2. The van der Waals surface area contributed by atoms with Gasteiger partial charge in [-0.15, -0.1) is 0 Å². The van der Waals surface area contributed by atoms with Crippen LogP contribution in [0.25, 0.3) is 10.9 Å². The van der Waals surface area contributed by atoms with Gasteiger partial charge in [0, 0.05) is 68.3 Å². The summed E-state index contributed by atoms with van der Waals surface area (Å²) in [7, 11) is 5.75. The first-order chi connectivity index (χ1) is 23.1. The molecule has 9 nitrogen and oxygen atoms in total. The first-order valence-electron chi connectivity index (χ1n) is 15.3. The van der Waals surface area contributed by atoms with E-state index in [2.05, 4.69) is 26.8 Å². The second-order valence-corrected chi connectivity index (χ2v) is 11.7. The van der Waals surface area contributed by atoms with E-state index in [0.717, 1.165) is 40.7 Å². The van der Waals surface area contributed by atoms with Crippen molar-refractivity contribution >= 4 is 22.6 Å². The van der Waals surface area contributed by atoms with Crippen LogP contribution < -0.4 is 5.56 Å². The molecule has 0 bridgehead atoms. The van der Waals surface area contributed by atoms with Crippen molar-refractivity contribution in [3.63, 3.8) is 0 Å². The number of hydrogen-bond acceptors (Lipinski definition) is 7. The summed E-state index contributed by atoms with van der Waals surface area (Å²) in [6.07, 6.45) is 4.96. The van der Waals surface area contributed by atoms with Crippen LogP contribution in [0.5, 0.6) is 0 Å². The number of benzene rings is 3. The highest BCUT2D eigenvalue weighted by molar-refractivity contribution is 5.95. The minimum atomic E-state index is -1.02. The second kappa shape index (κ2) is 15.3. The van der Waals surface area contributed by atoms with Gasteiger partial charge in [-0.3, -0.25) is 19.0 Å². The summed E-state index contributed by atoms with van der Waals surface area (Å²) in [4.78, 5) is 55.2. The third-order valence-electron chi connectivity index (χ3n) is 7.67. The highest BCUT2D eigenvalue weighted by Crippen LogP contribution is 2.16. The molecule has 0 unspecified atom stereocenters. The maximum atomic E-state index is 13.6. The Morgan fingerprint density at radius 3 is 2.42 bits per heavy atom. The molecule has 5 aromatic rings. The molecule has 0 atom stereocenters. The first-order valence-corrected chi connectivity index (χ1v) is 15.3. The van der Waals surface area contributed by atoms with E-state index in [0.29, 0.717) is 29.9 Å². The van der Waals surface area contributed by atoms with Gasteiger partial charge in [0.15, 0.2) is 17.4 Å². The molecule has 0 saturated carbocycles. The van der Waals surface area contributed by atoms with Crippen LogP contribution in [0.1, 0.15) is 56.1 Å². The third-order valence-corrected chi connectivity index (χ3v) is 7.67. The largest absolute Gasteiger partial charge is 0.340 e. The van der Waals surface area contributed by atoms with Crippen LogP contribution in [0.4, 0.5) is 8.78 Å². The number of likely N-dealkylation sites (N-methyl/N-ethyl adjacent to an activating group) is 2. The Hall–Kier alpha value is -5.60. The van der Waals surface area contributed by atoms with Gasteiger partial charge in [-0.2, -0.15) is 0 Å². The highest BCUT2D eigenvalue weighted by Gasteiger charge is 2.14. The molecule has 2 heterocycles. The summed E-state index contributed by atoms with van der Waals surface area (Å²) >= 11 is 0. The number of nitrogens with zero attached hydrogens (tertiary/aromatic N) is 6. The summed E-state index contributed by atoms with van der Waals surface area (Å²) in [5, 5.41) is 0.820.